The maximum Gasteiger partial charge on any atom is 0.337 e. The van der Waals surface area contributed by atoms with E-state index in [2.05, 4.69) is 77.7 Å². The van der Waals surface area contributed by atoms with Crippen molar-refractivity contribution in [1.29, 1.82) is 0 Å². The van der Waals surface area contributed by atoms with E-state index in [1.807, 2.05) is 43.5 Å². The van der Waals surface area contributed by atoms with Gasteiger partial charge in [0.2, 0.25) is 0 Å². The molecule has 150 valence electrons. The number of nitrogens with zero attached hydrogens (tertiary/aromatic N) is 1. The van der Waals surface area contributed by atoms with Crippen molar-refractivity contribution in [2.75, 3.05) is 13.2 Å². The number of benzene rings is 3. The number of carbonyl (C=O) groups is 1. The normalized spacial score (nSPS) is 13.6. The van der Waals surface area contributed by atoms with Crippen molar-refractivity contribution in [3.8, 4) is 0 Å². The average molecular weight is 396 g/mol. The fourth-order valence-corrected chi connectivity index (χ4v) is 4.15. The van der Waals surface area contributed by atoms with Gasteiger partial charge in [0.05, 0.1) is 12.2 Å². The molecule has 1 aliphatic heterocycles. The molecule has 0 bridgehead atoms. The second kappa shape index (κ2) is 8.83. The van der Waals surface area contributed by atoms with E-state index in [1.54, 1.807) is 0 Å². The monoisotopic (exact) mass is 395 g/mol. The van der Waals surface area contributed by atoms with Crippen LogP contribution >= 0.6 is 0 Å². The third-order valence-corrected chi connectivity index (χ3v) is 5.46. The van der Waals surface area contributed by atoms with Gasteiger partial charge in [-0.1, -0.05) is 97.1 Å². The number of ether oxygens (including phenoxy) is 1. The van der Waals surface area contributed by atoms with E-state index in [4.69, 9.17) is 4.74 Å². The second-order valence-corrected chi connectivity index (χ2v) is 7.16. The Balaban J connectivity index is 1.89. The van der Waals surface area contributed by atoms with Crippen molar-refractivity contribution in [3.05, 3.63) is 132 Å². The fourth-order valence-electron chi connectivity index (χ4n) is 4.15. The lowest BCUT2D eigenvalue weighted by molar-refractivity contribution is -0.138. The molecule has 0 atom stereocenters. The molecule has 1 aliphatic rings. The van der Waals surface area contributed by atoms with Gasteiger partial charge >= 0.3 is 5.97 Å². The van der Waals surface area contributed by atoms with Crippen LogP contribution in [-0.2, 0) is 15.1 Å². The smallest absolute Gasteiger partial charge is 0.337 e. The van der Waals surface area contributed by atoms with Gasteiger partial charge in [0, 0.05) is 12.7 Å². The molecule has 0 radical (unpaired) electrons. The zero-order valence-corrected chi connectivity index (χ0v) is 17.1. The van der Waals surface area contributed by atoms with E-state index in [9.17, 15) is 4.79 Å². The SMILES string of the molecule is CCOC(=O)C1=CCN(C(c2ccccc2)(c2ccccc2)c2ccccc2)C=C1. The molecule has 3 heteroatoms. The van der Waals surface area contributed by atoms with Gasteiger partial charge in [-0.2, -0.15) is 0 Å². The molecule has 3 aromatic rings. The predicted molar refractivity (Wildman–Crippen MR) is 120 cm³/mol. The largest absolute Gasteiger partial charge is 0.462 e. The molecule has 3 nitrogen and oxygen atoms in total. The summed E-state index contributed by atoms with van der Waals surface area (Å²) < 4.78 is 5.18. The van der Waals surface area contributed by atoms with Crippen molar-refractivity contribution >= 4 is 5.97 Å². The molecular weight excluding hydrogens is 370 g/mol. The molecule has 0 saturated heterocycles. The number of esters is 1. The molecule has 0 spiro atoms. The highest BCUT2D eigenvalue weighted by atomic mass is 16.5. The summed E-state index contributed by atoms with van der Waals surface area (Å²) in [6, 6.07) is 31.5. The van der Waals surface area contributed by atoms with Crippen molar-refractivity contribution in [1.82, 2.24) is 4.90 Å². The molecule has 30 heavy (non-hydrogen) atoms. The Kier molecular flexibility index (Phi) is 5.80. The summed E-state index contributed by atoms with van der Waals surface area (Å²) in [7, 11) is 0. The molecule has 3 aromatic carbocycles. The number of carbonyl (C=O) groups excluding carboxylic acids is 1. The van der Waals surface area contributed by atoms with Gasteiger partial charge in [-0.25, -0.2) is 4.79 Å². The van der Waals surface area contributed by atoms with Crippen LogP contribution in [0.4, 0.5) is 0 Å². The lowest BCUT2D eigenvalue weighted by Crippen LogP contribution is -2.46. The highest BCUT2D eigenvalue weighted by Gasteiger charge is 2.41. The molecule has 1 heterocycles. The molecular formula is C27H25NO2. The summed E-state index contributed by atoms with van der Waals surface area (Å²) in [5, 5.41) is 0. The third-order valence-electron chi connectivity index (χ3n) is 5.46. The number of hydrogen-bond donors (Lipinski definition) is 0. The van der Waals surface area contributed by atoms with E-state index >= 15 is 0 Å². The predicted octanol–water partition coefficient (Wildman–Crippen LogP) is 5.30. The molecule has 0 aromatic heterocycles. The van der Waals surface area contributed by atoms with Crippen LogP contribution in [0.25, 0.3) is 0 Å². The first-order valence-corrected chi connectivity index (χ1v) is 10.3. The molecule has 0 fully saturated rings. The number of hydrogen-bond acceptors (Lipinski definition) is 3. The molecule has 0 aliphatic carbocycles. The van der Waals surface area contributed by atoms with Crippen LogP contribution in [0.1, 0.15) is 23.6 Å². The molecule has 0 unspecified atom stereocenters. The van der Waals surface area contributed by atoms with E-state index in [0.29, 0.717) is 18.7 Å². The number of rotatable bonds is 6. The lowest BCUT2D eigenvalue weighted by atomic mass is 9.75. The summed E-state index contributed by atoms with van der Waals surface area (Å²) in [5.74, 6) is -0.280. The van der Waals surface area contributed by atoms with E-state index in [0.717, 1.165) is 0 Å². The Morgan fingerprint density at radius 1 is 0.833 bits per heavy atom. The van der Waals surface area contributed by atoms with Crippen molar-refractivity contribution in [2.24, 2.45) is 0 Å². The van der Waals surface area contributed by atoms with Crippen LogP contribution in [0, 0.1) is 0 Å². The third kappa shape index (κ3) is 3.55. The quantitative estimate of drug-likeness (QED) is 0.419. The maximum atomic E-state index is 12.2. The molecule has 0 amide bonds. The first kappa shape index (κ1) is 19.7. The zero-order valence-electron chi connectivity index (χ0n) is 17.1. The van der Waals surface area contributed by atoms with Gasteiger partial charge in [-0.3, -0.25) is 0 Å². The van der Waals surface area contributed by atoms with Crippen LogP contribution in [0.15, 0.2) is 115 Å². The van der Waals surface area contributed by atoms with Crippen LogP contribution < -0.4 is 0 Å². The average Bonchev–Trinajstić information content (AvgIpc) is 2.82. The minimum absolute atomic E-state index is 0.280. The van der Waals surface area contributed by atoms with Gasteiger partial charge in [0.25, 0.3) is 0 Å². The summed E-state index contributed by atoms with van der Waals surface area (Å²) in [5.41, 5.74) is 3.56. The molecule has 0 saturated carbocycles. The highest BCUT2D eigenvalue weighted by Crippen LogP contribution is 2.43. The first-order chi connectivity index (χ1) is 14.8. The fraction of sp³-hybridized carbons (Fsp3) is 0.148. The Hall–Kier alpha value is -3.59. The van der Waals surface area contributed by atoms with Crippen LogP contribution in [0.2, 0.25) is 0 Å². The van der Waals surface area contributed by atoms with Crippen LogP contribution in [-0.4, -0.2) is 24.0 Å². The van der Waals surface area contributed by atoms with Crippen molar-refractivity contribution in [3.63, 3.8) is 0 Å². The standard InChI is InChI=1S/C27H25NO2/c1-2-30-26(29)22-18-20-28(21-19-22)27(23-12-6-3-7-13-23,24-14-8-4-9-15-24)25-16-10-5-11-17-25/h3-20H,2,21H2,1H3. The van der Waals surface area contributed by atoms with Gasteiger partial charge in [-0.05, 0) is 29.7 Å². The van der Waals surface area contributed by atoms with E-state index in [-0.39, 0.29) is 5.97 Å². The first-order valence-electron chi connectivity index (χ1n) is 10.3. The molecule has 0 N–H and O–H groups in total. The van der Waals surface area contributed by atoms with E-state index < -0.39 is 5.54 Å². The Morgan fingerprint density at radius 2 is 1.30 bits per heavy atom. The second-order valence-electron chi connectivity index (χ2n) is 7.16. The van der Waals surface area contributed by atoms with Gasteiger partial charge < -0.3 is 9.64 Å². The topological polar surface area (TPSA) is 29.5 Å². The Morgan fingerprint density at radius 3 is 1.67 bits per heavy atom. The highest BCUT2D eigenvalue weighted by molar-refractivity contribution is 5.91. The minimum atomic E-state index is -0.531. The van der Waals surface area contributed by atoms with Crippen LogP contribution in [0.5, 0.6) is 0 Å². The Bertz CT molecular complexity index is 943. The van der Waals surface area contributed by atoms with Gasteiger partial charge in [0.15, 0.2) is 0 Å². The minimum Gasteiger partial charge on any atom is -0.462 e. The summed E-state index contributed by atoms with van der Waals surface area (Å²) in [6.07, 6.45) is 5.81. The van der Waals surface area contributed by atoms with Gasteiger partial charge in [0.1, 0.15) is 5.54 Å². The zero-order chi connectivity index (χ0) is 20.8. The van der Waals surface area contributed by atoms with E-state index in [1.165, 1.54) is 16.7 Å². The van der Waals surface area contributed by atoms with Gasteiger partial charge in [-0.15, -0.1) is 0 Å². The maximum absolute atomic E-state index is 12.2. The van der Waals surface area contributed by atoms with Crippen LogP contribution in [0.3, 0.4) is 0 Å². The summed E-state index contributed by atoms with van der Waals surface area (Å²) >= 11 is 0. The summed E-state index contributed by atoms with van der Waals surface area (Å²) in [6.45, 7) is 2.78. The summed E-state index contributed by atoms with van der Waals surface area (Å²) in [4.78, 5) is 14.5. The van der Waals surface area contributed by atoms with Crippen molar-refractivity contribution in [2.45, 2.75) is 12.5 Å². The van der Waals surface area contributed by atoms with Crippen molar-refractivity contribution < 1.29 is 9.53 Å². The lowest BCUT2D eigenvalue weighted by Gasteiger charge is -2.45. The molecule has 4 rings (SSSR count). The Labute approximate surface area is 177 Å².